The van der Waals surface area contributed by atoms with Crippen LogP contribution in [0.5, 0.6) is 0 Å². The van der Waals surface area contributed by atoms with Gasteiger partial charge in [-0.2, -0.15) is 0 Å². The second kappa shape index (κ2) is 7.61. The number of hydrogen-bond donors (Lipinski definition) is 4. The van der Waals surface area contributed by atoms with Crippen molar-refractivity contribution in [2.45, 2.75) is 5.92 Å². The normalized spacial score (nSPS) is 12.0. The van der Waals surface area contributed by atoms with Crippen LogP contribution in [-0.2, 0) is 4.79 Å². The van der Waals surface area contributed by atoms with Gasteiger partial charge in [0.2, 0.25) is 5.91 Å². The number of hydrogen-bond acceptors (Lipinski definition) is 5. The highest BCUT2D eigenvalue weighted by molar-refractivity contribution is 6.58. The van der Waals surface area contributed by atoms with E-state index in [4.69, 9.17) is 15.8 Å². The first kappa shape index (κ1) is 18.0. The predicted octanol–water partition coefficient (Wildman–Crippen LogP) is 0.735. The number of carbonyl (C=O) groups excluding carboxylic acids is 1. The first-order chi connectivity index (χ1) is 12.5. The summed E-state index contributed by atoms with van der Waals surface area (Å²) >= 11 is 0. The van der Waals surface area contributed by atoms with Gasteiger partial charge in [-0.1, -0.05) is 18.2 Å². The highest BCUT2D eigenvalue weighted by Crippen LogP contribution is 2.21. The van der Waals surface area contributed by atoms with Gasteiger partial charge in [-0.05, 0) is 35.2 Å². The third-order valence-corrected chi connectivity index (χ3v) is 4.17. The molecule has 1 aromatic heterocycles. The Kier molecular flexibility index (Phi) is 5.27. The van der Waals surface area contributed by atoms with Crippen LogP contribution in [0, 0.1) is 5.82 Å². The number of carbonyl (C=O) groups is 1. The van der Waals surface area contributed by atoms with Crippen LogP contribution in [-0.4, -0.2) is 34.6 Å². The summed E-state index contributed by atoms with van der Waals surface area (Å²) in [5.41, 5.74) is 6.40. The second-order valence-corrected chi connectivity index (χ2v) is 5.87. The molecular weight excluding hydrogens is 336 g/mol. The maximum atomic E-state index is 14.0. The highest BCUT2D eigenvalue weighted by atomic mass is 19.1. The van der Waals surface area contributed by atoms with Crippen molar-refractivity contribution in [3.8, 4) is 0 Å². The lowest BCUT2D eigenvalue weighted by atomic mass is 9.78. The van der Waals surface area contributed by atoms with E-state index in [1.165, 1.54) is 12.1 Å². The molecule has 26 heavy (non-hydrogen) atoms. The quantitative estimate of drug-likeness (QED) is 0.506. The van der Waals surface area contributed by atoms with E-state index in [1.807, 2.05) is 18.2 Å². The van der Waals surface area contributed by atoms with E-state index in [1.54, 1.807) is 18.5 Å². The van der Waals surface area contributed by atoms with Crippen LogP contribution >= 0.6 is 0 Å². The van der Waals surface area contributed by atoms with Gasteiger partial charge in [0.05, 0.1) is 5.92 Å². The molecule has 0 spiro atoms. The summed E-state index contributed by atoms with van der Waals surface area (Å²) in [4.78, 5) is 16.6. The zero-order valence-corrected chi connectivity index (χ0v) is 13.8. The molecule has 0 radical (unpaired) electrons. The van der Waals surface area contributed by atoms with Gasteiger partial charge in [0.25, 0.3) is 0 Å². The Morgan fingerprint density at radius 2 is 2.00 bits per heavy atom. The summed E-state index contributed by atoms with van der Waals surface area (Å²) in [7, 11) is -1.92. The number of pyridine rings is 1. The van der Waals surface area contributed by atoms with Crippen molar-refractivity contribution in [1.82, 2.24) is 4.98 Å². The van der Waals surface area contributed by atoms with Crippen molar-refractivity contribution in [2.75, 3.05) is 11.9 Å². The third-order valence-electron chi connectivity index (χ3n) is 4.17. The lowest BCUT2D eigenvalue weighted by Crippen LogP contribution is -2.34. The highest BCUT2D eigenvalue weighted by Gasteiger charge is 2.23. The number of halogens is 1. The van der Waals surface area contributed by atoms with E-state index in [-0.39, 0.29) is 17.9 Å². The Hall–Kier alpha value is -2.81. The van der Waals surface area contributed by atoms with E-state index in [0.29, 0.717) is 11.3 Å². The Morgan fingerprint density at radius 3 is 2.69 bits per heavy atom. The number of nitrogens with one attached hydrogen (secondary N) is 1. The number of fused-ring (bicyclic) bond motifs is 1. The Morgan fingerprint density at radius 1 is 1.19 bits per heavy atom. The van der Waals surface area contributed by atoms with Crippen molar-refractivity contribution < 1.29 is 19.2 Å². The molecule has 1 amide bonds. The summed E-state index contributed by atoms with van der Waals surface area (Å²) in [6, 6.07) is 11.0. The zero-order chi connectivity index (χ0) is 18.7. The summed E-state index contributed by atoms with van der Waals surface area (Å²) in [6.07, 6.45) is 3.39. The van der Waals surface area contributed by atoms with E-state index in [9.17, 15) is 9.18 Å². The van der Waals surface area contributed by atoms with Gasteiger partial charge in [-0.3, -0.25) is 9.78 Å². The van der Waals surface area contributed by atoms with Gasteiger partial charge in [-0.15, -0.1) is 0 Å². The minimum Gasteiger partial charge on any atom is -0.423 e. The standard InChI is InChI=1S/C18H17BFN3O3/c20-17-8-12(2-4-16(17)19(25)26)15(9-21)18(24)23-14-3-1-13-10-22-6-5-11(13)7-14/h1-8,10,15,25-26H,9,21H2,(H,23,24). The minimum absolute atomic E-state index is 0.0240. The lowest BCUT2D eigenvalue weighted by Gasteiger charge is -2.16. The number of nitrogens with zero attached hydrogens (tertiary/aromatic N) is 1. The SMILES string of the molecule is NCC(C(=O)Nc1ccc2cnccc2c1)c1ccc(B(O)O)c(F)c1. The van der Waals surface area contributed by atoms with Crippen molar-refractivity contribution in [2.24, 2.45) is 5.73 Å². The lowest BCUT2D eigenvalue weighted by molar-refractivity contribution is -0.117. The molecule has 5 N–H and O–H groups in total. The largest absolute Gasteiger partial charge is 0.491 e. The molecule has 0 saturated heterocycles. The molecule has 3 aromatic rings. The van der Waals surface area contributed by atoms with Gasteiger partial charge in [0.15, 0.2) is 0 Å². The Balaban J connectivity index is 1.83. The number of benzene rings is 2. The second-order valence-electron chi connectivity index (χ2n) is 5.87. The van der Waals surface area contributed by atoms with Gasteiger partial charge in [0, 0.05) is 35.5 Å². The van der Waals surface area contributed by atoms with E-state index in [0.717, 1.165) is 16.8 Å². The fourth-order valence-corrected chi connectivity index (χ4v) is 2.75. The third kappa shape index (κ3) is 3.72. The smallest absolute Gasteiger partial charge is 0.423 e. The van der Waals surface area contributed by atoms with Crippen molar-refractivity contribution in [1.29, 1.82) is 0 Å². The number of rotatable bonds is 5. The molecule has 0 saturated carbocycles. The molecule has 3 rings (SSSR count). The fourth-order valence-electron chi connectivity index (χ4n) is 2.75. The first-order valence-electron chi connectivity index (χ1n) is 8.00. The maximum Gasteiger partial charge on any atom is 0.491 e. The van der Waals surface area contributed by atoms with Crippen molar-refractivity contribution in [3.05, 3.63) is 66.2 Å². The summed E-state index contributed by atoms with van der Waals surface area (Å²) in [5, 5.41) is 22.8. The van der Waals surface area contributed by atoms with Gasteiger partial charge < -0.3 is 21.1 Å². The van der Waals surface area contributed by atoms with Crippen molar-refractivity contribution in [3.63, 3.8) is 0 Å². The molecule has 8 heteroatoms. The molecule has 0 aliphatic heterocycles. The molecule has 2 aromatic carbocycles. The van der Waals surface area contributed by atoms with E-state index in [2.05, 4.69) is 10.3 Å². The van der Waals surface area contributed by atoms with Crippen molar-refractivity contribution >= 4 is 34.9 Å². The molecule has 0 fully saturated rings. The molecule has 132 valence electrons. The summed E-state index contributed by atoms with van der Waals surface area (Å²) < 4.78 is 14.0. The predicted molar refractivity (Wildman–Crippen MR) is 98.4 cm³/mol. The molecule has 6 nitrogen and oxygen atoms in total. The average molecular weight is 353 g/mol. The molecule has 0 aliphatic rings. The molecule has 0 bridgehead atoms. The van der Waals surface area contributed by atoms with Crippen LogP contribution in [0.1, 0.15) is 11.5 Å². The summed E-state index contributed by atoms with van der Waals surface area (Å²) in [5.74, 6) is -1.96. The Bertz CT molecular complexity index is 952. The van der Waals surface area contributed by atoms with Gasteiger partial charge >= 0.3 is 7.12 Å². The minimum atomic E-state index is -1.92. The molecule has 1 atom stereocenters. The average Bonchev–Trinajstić information content (AvgIpc) is 2.62. The number of aromatic nitrogens is 1. The van der Waals surface area contributed by atoms with Crippen LogP contribution in [0.2, 0.25) is 0 Å². The van der Waals surface area contributed by atoms with Gasteiger partial charge in [-0.25, -0.2) is 4.39 Å². The van der Waals surface area contributed by atoms with Gasteiger partial charge in [0.1, 0.15) is 5.82 Å². The van der Waals surface area contributed by atoms with Crippen LogP contribution in [0.4, 0.5) is 10.1 Å². The topological polar surface area (TPSA) is 108 Å². The van der Waals surface area contributed by atoms with Crippen LogP contribution in [0.3, 0.4) is 0 Å². The number of amides is 1. The van der Waals surface area contributed by atoms with Crippen LogP contribution < -0.4 is 16.5 Å². The maximum absolute atomic E-state index is 14.0. The number of nitrogens with two attached hydrogens (primary N) is 1. The van der Waals surface area contributed by atoms with E-state index < -0.39 is 18.9 Å². The summed E-state index contributed by atoms with van der Waals surface area (Å²) in [6.45, 7) is -0.0240. The molecule has 0 aliphatic carbocycles. The number of anilines is 1. The van der Waals surface area contributed by atoms with E-state index >= 15 is 0 Å². The molecule has 1 unspecified atom stereocenters. The first-order valence-corrected chi connectivity index (χ1v) is 8.00. The van der Waals surface area contributed by atoms with Crippen LogP contribution in [0.25, 0.3) is 10.8 Å². The monoisotopic (exact) mass is 353 g/mol. The fraction of sp³-hybridized carbons (Fsp3) is 0.111. The zero-order valence-electron chi connectivity index (χ0n) is 13.8. The molecular formula is C18H17BFN3O3. The Labute approximate surface area is 149 Å². The van der Waals surface area contributed by atoms with Crippen LogP contribution in [0.15, 0.2) is 54.9 Å². The molecule has 1 heterocycles.